The molecule has 0 spiro atoms. The summed E-state index contributed by atoms with van der Waals surface area (Å²) in [5.41, 5.74) is 5.89. The van der Waals surface area contributed by atoms with Crippen LogP contribution in [-0.2, 0) is 0 Å². The van der Waals surface area contributed by atoms with Crippen LogP contribution in [-0.4, -0.2) is 0 Å². The van der Waals surface area contributed by atoms with Crippen molar-refractivity contribution in [2.45, 2.75) is 13.0 Å². The highest BCUT2D eigenvalue weighted by Crippen LogP contribution is 2.24. The van der Waals surface area contributed by atoms with Gasteiger partial charge >= 0.3 is 0 Å². The minimum absolute atomic E-state index is 0.121. The average Bonchev–Trinajstić information content (AvgIpc) is 2.71. The first kappa shape index (κ1) is 11.7. The van der Waals surface area contributed by atoms with E-state index in [1.807, 2.05) is 0 Å². The summed E-state index contributed by atoms with van der Waals surface area (Å²) in [7, 11) is 0. The topological polar surface area (TPSA) is 39.2 Å². The van der Waals surface area contributed by atoms with Crippen LogP contribution >= 0.6 is 0 Å². The maximum Gasteiger partial charge on any atom is 0.194 e. The van der Waals surface area contributed by atoms with Gasteiger partial charge in [-0.1, -0.05) is 0 Å². The Labute approximate surface area is 95.8 Å². The van der Waals surface area contributed by atoms with E-state index in [-0.39, 0.29) is 5.56 Å². The third kappa shape index (κ3) is 2.19. The highest BCUT2D eigenvalue weighted by atomic mass is 19.2. The van der Waals surface area contributed by atoms with Crippen molar-refractivity contribution in [1.82, 2.24) is 0 Å². The van der Waals surface area contributed by atoms with Crippen LogP contribution in [0.5, 0.6) is 0 Å². The van der Waals surface area contributed by atoms with Crippen molar-refractivity contribution in [2.75, 3.05) is 0 Å². The highest BCUT2D eigenvalue weighted by molar-refractivity contribution is 5.28. The fourth-order valence-electron chi connectivity index (χ4n) is 1.54. The summed E-state index contributed by atoms with van der Waals surface area (Å²) < 4.78 is 44.1. The zero-order valence-electron chi connectivity index (χ0n) is 9.01. The molecular formula is C12H10F3NO. The van der Waals surface area contributed by atoms with Gasteiger partial charge in [-0.25, -0.2) is 13.2 Å². The second-order valence-corrected chi connectivity index (χ2v) is 3.72. The fourth-order valence-corrected chi connectivity index (χ4v) is 1.54. The zero-order valence-corrected chi connectivity index (χ0v) is 9.01. The number of rotatable bonds is 2. The van der Waals surface area contributed by atoms with Gasteiger partial charge in [0.25, 0.3) is 0 Å². The van der Waals surface area contributed by atoms with E-state index >= 15 is 0 Å². The first-order valence-electron chi connectivity index (χ1n) is 4.95. The van der Waals surface area contributed by atoms with E-state index in [0.717, 1.165) is 12.1 Å². The number of halogens is 3. The molecule has 0 radical (unpaired) electrons. The zero-order chi connectivity index (χ0) is 12.6. The summed E-state index contributed by atoms with van der Waals surface area (Å²) in [6, 6.07) is 4.19. The number of nitrogens with two attached hydrogens (primary N) is 1. The molecule has 2 aromatic rings. The summed E-state index contributed by atoms with van der Waals surface area (Å²) in [5, 5.41) is 0. The molecule has 0 amide bonds. The van der Waals surface area contributed by atoms with Crippen molar-refractivity contribution in [3.05, 3.63) is 58.8 Å². The van der Waals surface area contributed by atoms with Gasteiger partial charge in [-0.05, 0) is 36.8 Å². The molecule has 0 saturated heterocycles. The lowest BCUT2D eigenvalue weighted by Gasteiger charge is -2.10. The molecule has 2 nitrogen and oxygen atoms in total. The molecule has 1 unspecified atom stereocenters. The minimum atomic E-state index is -1.50. The van der Waals surface area contributed by atoms with Gasteiger partial charge in [0, 0.05) is 0 Å². The van der Waals surface area contributed by atoms with Gasteiger partial charge < -0.3 is 10.2 Å². The van der Waals surface area contributed by atoms with Gasteiger partial charge in [-0.2, -0.15) is 0 Å². The van der Waals surface area contributed by atoms with E-state index in [1.54, 1.807) is 19.1 Å². The lowest BCUT2D eigenvalue weighted by molar-refractivity contribution is 0.438. The fraction of sp³-hybridized carbons (Fsp3) is 0.167. The Morgan fingerprint density at radius 2 is 1.71 bits per heavy atom. The van der Waals surface area contributed by atoms with Gasteiger partial charge in [-0.3, -0.25) is 0 Å². The molecule has 0 aliphatic rings. The van der Waals surface area contributed by atoms with Crippen molar-refractivity contribution in [2.24, 2.45) is 5.73 Å². The highest BCUT2D eigenvalue weighted by Gasteiger charge is 2.18. The van der Waals surface area contributed by atoms with Crippen LogP contribution in [0, 0.1) is 24.4 Å². The van der Waals surface area contributed by atoms with Gasteiger partial charge in [0.05, 0.1) is 6.04 Å². The molecule has 0 aliphatic heterocycles. The predicted molar refractivity (Wildman–Crippen MR) is 55.8 cm³/mol. The molecule has 17 heavy (non-hydrogen) atoms. The molecule has 1 aromatic carbocycles. The second-order valence-electron chi connectivity index (χ2n) is 3.72. The Hall–Kier alpha value is -1.75. The van der Waals surface area contributed by atoms with Gasteiger partial charge in [-0.15, -0.1) is 0 Å². The standard InChI is InChI=1S/C12H10F3NO/c1-6-2-3-10(17-6)12(16)7-4-8(13)11(15)9(14)5-7/h2-5,12H,16H2,1H3. The summed E-state index contributed by atoms with van der Waals surface area (Å²) in [6.07, 6.45) is 0. The van der Waals surface area contributed by atoms with Crippen LogP contribution in [0.1, 0.15) is 23.1 Å². The van der Waals surface area contributed by atoms with Crippen LogP contribution in [0.2, 0.25) is 0 Å². The van der Waals surface area contributed by atoms with Crippen LogP contribution in [0.25, 0.3) is 0 Å². The van der Waals surface area contributed by atoms with Crippen LogP contribution in [0.3, 0.4) is 0 Å². The summed E-state index contributed by atoms with van der Waals surface area (Å²) in [5.74, 6) is -3.03. The average molecular weight is 241 g/mol. The quantitative estimate of drug-likeness (QED) is 0.821. The van der Waals surface area contributed by atoms with Gasteiger partial charge in [0.2, 0.25) is 0 Å². The lowest BCUT2D eigenvalue weighted by Crippen LogP contribution is -2.12. The van der Waals surface area contributed by atoms with Crippen LogP contribution in [0.4, 0.5) is 13.2 Å². The van der Waals surface area contributed by atoms with E-state index in [4.69, 9.17) is 10.2 Å². The summed E-state index contributed by atoms with van der Waals surface area (Å²) in [4.78, 5) is 0. The molecule has 2 rings (SSSR count). The monoisotopic (exact) mass is 241 g/mol. The molecule has 2 N–H and O–H groups in total. The number of hydrogen-bond donors (Lipinski definition) is 1. The SMILES string of the molecule is Cc1ccc(C(N)c2cc(F)c(F)c(F)c2)o1. The summed E-state index contributed by atoms with van der Waals surface area (Å²) in [6.45, 7) is 1.72. The number of benzene rings is 1. The molecular weight excluding hydrogens is 231 g/mol. The number of furan rings is 1. The van der Waals surface area contributed by atoms with Crippen molar-refractivity contribution in [3.63, 3.8) is 0 Å². The first-order valence-corrected chi connectivity index (χ1v) is 4.95. The smallest absolute Gasteiger partial charge is 0.194 e. The van der Waals surface area contributed by atoms with E-state index in [1.165, 1.54) is 0 Å². The van der Waals surface area contributed by atoms with E-state index < -0.39 is 23.5 Å². The number of hydrogen-bond acceptors (Lipinski definition) is 2. The maximum absolute atomic E-state index is 13.0. The normalized spacial score (nSPS) is 12.8. The lowest BCUT2D eigenvalue weighted by atomic mass is 10.1. The van der Waals surface area contributed by atoms with Crippen molar-refractivity contribution < 1.29 is 17.6 Å². The molecule has 0 saturated carbocycles. The minimum Gasteiger partial charge on any atom is -0.464 e. The molecule has 1 aromatic heterocycles. The Morgan fingerprint density at radius 1 is 1.12 bits per heavy atom. The van der Waals surface area contributed by atoms with Crippen LogP contribution < -0.4 is 5.73 Å². The third-order valence-corrected chi connectivity index (χ3v) is 2.43. The molecule has 0 aliphatic carbocycles. The first-order chi connectivity index (χ1) is 7.99. The van der Waals surface area contributed by atoms with Crippen molar-refractivity contribution >= 4 is 0 Å². The maximum atomic E-state index is 13.0. The number of aryl methyl sites for hydroxylation is 1. The molecule has 0 fully saturated rings. The second kappa shape index (κ2) is 4.25. The molecule has 0 bridgehead atoms. The predicted octanol–water partition coefficient (Wildman–Crippen LogP) is 3.05. The Morgan fingerprint density at radius 3 is 2.18 bits per heavy atom. The largest absolute Gasteiger partial charge is 0.464 e. The molecule has 1 atom stereocenters. The van der Waals surface area contributed by atoms with Gasteiger partial charge in [0.1, 0.15) is 11.5 Å². The Kier molecular flexibility index (Phi) is 2.93. The molecule has 90 valence electrons. The molecule has 1 heterocycles. The van der Waals surface area contributed by atoms with Crippen LogP contribution in [0.15, 0.2) is 28.7 Å². The van der Waals surface area contributed by atoms with E-state index in [0.29, 0.717) is 11.5 Å². The van der Waals surface area contributed by atoms with E-state index in [9.17, 15) is 13.2 Å². The summed E-state index contributed by atoms with van der Waals surface area (Å²) >= 11 is 0. The van der Waals surface area contributed by atoms with E-state index in [2.05, 4.69) is 0 Å². The third-order valence-electron chi connectivity index (χ3n) is 2.43. The Bertz CT molecular complexity index is 527. The van der Waals surface area contributed by atoms with Gasteiger partial charge in [0.15, 0.2) is 17.5 Å². The Balaban J connectivity index is 2.41. The van der Waals surface area contributed by atoms with Crippen molar-refractivity contribution in [3.8, 4) is 0 Å². The van der Waals surface area contributed by atoms with Crippen molar-refractivity contribution in [1.29, 1.82) is 0 Å². The molecule has 5 heteroatoms.